The van der Waals surface area contributed by atoms with E-state index in [1.807, 2.05) is 17.5 Å². The molecule has 3 aromatic rings. The van der Waals surface area contributed by atoms with Gasteiger partial charge in [0.2, 0.25) is 5.91 Å². The minimum atomic E-state index is -0.889. The number of rotatable bonds is 9. The van der Waals surface area contributed by atoms with Crippen molar-refractivity contribution in [2.45, 2.75) is 18.9 Å². The van der Waals surface area contributed by atoms with Gasteiger partial charge < -0.3 is 19.1 Å². The molecule has 35 heavy (non-hydrogen) atoms. The van der Waals surface area contributed by atoms with Gasteiger partial charge in [-0.25, -0.2) is 4.90 Å². The Balaban J connectivity index is 1.59. The fourth-order valence-corrected chi connectivity index (χ4v) is 4.77. The van der Waals surface area contributed by atoms with E-state index in [1.54, 1.807) is 63.8 Å². The van der Waals surface area contributed by atoms with Gasteiger partial charge in [0.15, 0.2) is 11.5 Å². The Morgan fingerprint density at radius 3 is 2.37 bits per heavy atom. The lowest BCUT2D eigenvalue weighted by Gasteiger charge is -2.27. The first-order chi connectivity index (χ1) is 17.0. The van der Waals surface area contributed by atoms with Gasteiger partial charge in [-0.2, -0.15) is 0 Å². The number of thiophene rings is 1. The molecule has 1 aromatic heterocycles. The number of carbonyl (C=O) groups excluding carboxylic acids is 3. The van der Waals surface area contributed by atoms with E-state index < -0.39 is 11.9 Å². The molecule has 0 aliphatic carbocycles. The number of nitrogens with zero attached hydrogens (tertiary/aromatic N) is 2. The van der Waals surface area contributed by atoms with E-state index in [0.717, 1.165) is 10.5 Å². The summed E-state index contributed by atoms with van der Waals surface area (Å²) in [5.41, 5.74) is 1.36. The summed E-state index contributed by atoms with van der Waals surface area (Å²) in [7, 11) is 4.67. The lowest BCUT2D eigenvalue weighted by atomic mass is 10.1. The maximum Gasteiger partial charge on any atom is 0.264 e. The molecule has 0 bridgehead atoms. The van der Waals surface area contributed by atoms with Crippen LogP contribution in [0.5, 0.6) is 17.2 Å². The highest BCUT2D eigenvalue weighted by Crippen LogP contribution is 2.30. The second-order valence-corrected chi connectivity index (χ2v) is 8.85. The highest BCUT2D eigenvalue weighted by molar-refractivity contribution is 7.12. The number of hydrogen-bond acceptors (Lipinski definition) is 7. The molecule has 2 aromatic carbocycles. The Labute approximate surface area is 207 Å². The van der Waals surface area contributed by atoms with Crippen LogP contribution in [0.2, 0.25) is 0 Å². The number of hydrogen-bond donors (Lipinski definition) is 0. The van der Waals surface area contributed by atoms with Gasteiger partial charge in [-0.15, -0.1) is 11.3 Å². The van der Waals surface area contributed by atoms with E-state index in [9.17, 15) is 14.4 Å². The van der Waals surface area contributed by atoms with Crippen molar-refractivity contribution in [3.05, 3.63) is 70.4 Å². The highest BCUT2D eigenvalue weighted by atomic mass is 32.1. The van der Waals surface area contributed by atoms with Crippen LogP contribution in [-0.4, -0.2) is 56.5 Å². The molecule has 0 saturated carbocycles. The van der Waals surface area contributed by atoms with Crippen LogP contribution in [0.25, 0.3) is 0 Å². The van der Waals surface area contributed by atoms with Gasteiger partial charge in [-0.05, 0) is 59.8 Å². The van der Waals surface area contributed by atoms with E-state index in [-0.39, 0.29) is 24.8 Å². The number of anilines is 1. The first-order valence-corrected chi connectivity index (χ1v) is 11.9. The monoisotopic (exact) mass is 494 g/mol. The molecular formula is C26H26N2O6S. The summed E-state index contributed by atoms with van der Waals surface area (Å²) in [5, 5.41) is 1.81. The zero-order valence-electron chi connectivity index (χ0n) is 19.7. The zero-order chi connectivity index (χ0) is 24.9. The molecule has 182 valence electrons. The third kappa shape index (κ3) is 5.00. The van der Waals surface area contributed by atoms with E-state index >= 15 is 0 Å². The van der Waals surface area contributed by atoms with Crippen molar-refractivity contribution in [2.24, 2.45) is 0 Å². The molecule has 4 rings (SSSR count). The summed E-state index contributed by atoms with van der Waals surface area (Å²) >= 11 is 1.30. The molecule has 0 spiro atoms. The summed E-state index contributed by atoms with van der Waals surface area (Å²) in [6.45, 7) is 0.256. The SMILES string of the molecule is COc1ccc(N2C(=O)CC(N(CCc3ccc(OC)c(OC)c3)C(=O)c3cccs3)C2=O)cc1. The number of methoxy groups -OCH3 is 3. The Morgan fingerprint density at radius 1 is 1.00 bits per heavy atom. The molecule has 8 nitrogen and oxygen atoms in total. The summed E-state index contributed by atoms with van der Waals surface area (Å²) in [5.74, 6) is 0.767. The van der Waals surface area contributed by atoms with Crippen LogP contribution < -0.4 is 19.1 Å². The number of amides is 3. The zero-order valence-corrected chi connectivity index (χ0v) is 20.5. The molecule has 1 fully saturated rings. The lowest BCUT2D eigenvalue weighted by molar-refractivity contribution is -0.122. The minimum Gasteiger partial charge on any atom is -0.497 e. The van der Waals surface area contributed by atoms with Gasteiger partial charge in [-0.1, -0.05) is 12.1 Å². The summed E-state index contributed by atoms with van der Waals surface area (Å²) < 4.78 is 15.8. The summed E-state index contributed by atoms with van der Waals surface area (Å²) in [6, 6.07) is 14.9. The van der Waals surface area contributed by atoms with Crippen molar-refractivity contribution in [3.8, 4) is 17.2 Å². The fourth-order valence-electron chi connectivity index (χ4n) is 4.09. The summed E-state index contributed by atoms with van der Waals surface area (Å²) in [4.78, 5) is 42.9. The molecule has 1 aliphatic rings. The van der Waals surface area contributed by atoms with Crippen LogP contribution in [0.4, 0.5) is 5.69 Å². The second-order valence-electron chi connectivity index (χ2n) is 7.90. The highest BCUT2D eigenvalue weighted by Gasteiger charge is 2.44. The Morgan fingerprint density at radius 2 is 1.74 bits per heavy atom. The molecule has 1 saturated heterocycles. The van der Waals surface area contributed by atoms with Crippen molar-refractivity contribution in [1.29, 1.82) is 0 Å². The van der Waals surface area contributed by atoms with Crippen molar-refractivity contribution in [3.63, 3.8) is 0 Å². The molecule has 9 heteroatoms. The Bertz CT molecular complexity index is 1210. The number of carbonyl (C=O) groups is 3. The average Bonchev–Trinajstić information content (AvgIpc) is 3.52. The van der Waals surface area contributed by atoms with E-state index in [4.69, 9.17) is 14.2 Å². The standard InChI is InChI=1S/C26H26N2O6S/c1-32-19-9-7-18(8-10-19)28-24(29)16-20(25(28)30)27(26(31)23-5-4-14-35-23)13-12-17-6-11-21(33-2)22(15-17)34-3/h4-11,14-15,20H,12-13,16H2,1-3H3. The normalized spacial score (nSPS) is 15.3. The van der Waals surface area contributed by atoms with Gasteiger partial charge in [0.05, 0.1) is 38.3 Å². The van der Waals surface area contributed by atoms with Crippen LogP contribution in [-0.2, 0) is 16.0 Å². The molecule has 3 amide bonds. The molecule has 0 N–H and O–H groups in total. The topological polar surface area (TPSA) is 85.4 Å². The van der Waals surface area contributed by atoms with Gasteiger partial charge in [-0.3, -0.25) is 14.4 Å². The van der Waals surface area contributed by atoms with Crippen LogP contribution in [0.1, 0.15) is 21.7 Å². The van der Waals surface area contributed by atoms with Crippen molar-refractivity contribution < 1.29 is 28.6 Å². The minimum absolute atomic E-state index is 0.0755. The average molecular weight is 495 g/mol. The first-order valence-electron chi connectivity index (χ1n) is 11.0. The number of ether oxygens (including phenoxy) is 3. The van der Waals surface area contributed by atoms with Crippen LogP contribution >= 0.6 is 11.3 Å². The first kappa shape index (κ1) is 24.3. The van der Waals surface area contributed by atoms with E-state index in [2.05, 4.69) is 0 Å². The molecule has 0 radical (unpaired) electrons. The molecular weight excluding hydrogens is 468 g/mol. The molecule has 2 heterocycles. The predicted octanol–water partition coefficient (Wildman–Crippen LogP) is 3.79. The molecule has 1 unspecified atom stereocenters. The van der Waals surface area contributed by atoms with Gasteiger partial charge in [0.25, 0.3) is 11.8 Å². The van der Waals surface area contributed by atoms with Gasteiger partial charge in [0, 0.05) is 6.54 Å². The van der Waals surface area contributed by atoms with Crippen molar-refractivity contribution in [1.82, 2.24) is 4.90 Å². The second kappa shape index (κ2) is 10.6. The van der Waals surface area contributed by atoms with Gasteiger partial charge >= 0.3 is 0 Å². The number of imide groups is 1. The van der Waals surface area contributed by atoms with Crippen molar-refractivity contribution in [2.75, 3.05) is 32.8 Å². The quantitative estimate of drug-likeness (QED) is 0.421. The third-order valence-corrected chi connectivity index (χ3v) is 6.77. The van der Waals surface area contributed by atoms with Crippen LogP contribution in [0.3, 0.4) is 0 Å². The van der Waals surface area contributed by atoms with Crippen LogP contribution in [0, 0.1) is 0 Å². The van der Waals surface area contributed by atoms with Crippen molar-refractivity contribution >= 4 is 34.7 Å². The number of benzene rings is 2. The summed E-state index contributed by atoms with van der Waals surface area (Å²) in [6.07, 6.45) is 0.395. The largest absolute Gasteiger partial charge is 0.497 e. The smallest absolute Gasteiger partial charge is 0.264 e. The third-order valence-electron chi connectivity index (χ3n) is 5.91. The lowest BCUT2D eigenvalue weighted by Crippen LogP contribution is -2.46. The maximum atomic E-state index is 13.4. The molecule has 1 aliphatic heterocycles. The Kier molecular flexibility index (Phi) is 7.36. The van der Waals surface area contributed by atoms with Gasteiger partial charge in [0.1, 0.15) is 11.8 Å². The van der Waals surface area contributed by atoms with E-state index in [0.29, 0.717) is 34.2 Å². The maximum absolute atomic E-state index is 13.4. The molecule has 1 atom stereocenters. The van der Waals surface area contributed by atoms with E-state index in [1.165, 1.54) is 16.2 Å². The van der Waals surface area contributed by atoms with Crippen LogP contribution in [0.15, 0.2) is 60.0 Å². The fraction of sp³-hybridized carbons (Fsp3) is 0.269. The predicted molar refractivity (Wildman–Crippen MR) is 132 cm³/mol. The Hall–Kier alpha value is -3.85.